The zero-order chi connectivity index (χ0) is 27.8. The predicted molar refractivity (Wildman–Crippen MR) is 135 cm³/mol. The fraction of sp³-hybridized carbons (Fsp3) is 0.308. The van der Waals surface area contributed by atoms with Crippen LogP contribution < -0.4 is 21.1 Å². The van der Waals surface area contributed by atoms with Gasteiger partial charge in [-0.15, -0.1) is 0 Å². The normalized spacial score (nSPS) is 12.3. The Morgan fingerprint density at radius 2 is 1.73 bits per heavy atom. The average molecular weight is 511 g/mol. The van der Waals surface area contributed by atoms with Gasteiger partial charge in [-0.3, -0.25) is 19.3 Å². The third-order valence-corrected chi connectivity index (χ3v) is 4.87. The van der Waals surface area contributed by atoms with E-state index < -0.39 is 47.9 Å². The first-order valence-electron chi connectivity index (χ1n) is 11.2. The molecule has 2 unspecified atom stereocenters. The van der Waals surface area contributed by atoms with Crippen LogP contribution in [-0.4, -0.2) is 52.6 Å². The van der Waals surface area contributed by atoms with Gasteiger partial charge in [0, 0.05) is 17.3 Å². The number of primary amides is 1. The molecule has 2 rings (SSSR count). The van der Waals surface area contributed by atoms with Crippen LogP contribution in [0, 0.1) is 12.5 Å². The summed E-state index contributed by atoms with van der Waals surface area (Å²) >= 11 is 0. The zero-order valence-corrected chi connectivity index (χ0v) is 21.0. The van der Waals surface area contributed by atoms with Gasteiger partial charge in [-0.25, -0.2) is 4.79 Å². The van der Waals surface area contributed by atoms with Crippen molar-refractivity contribution in [2.24, 2.45) is 5.73 Å². The lowest BCUT2D eigenvalue weighted by molar-refractivity contribution is -0.138. The van der Waals surface area contributed by atoms with Crippen LogP contribution in [0.1, 0.15) is 38.8 Å². The Morgan fingerprint density at radius 1 is 1.11 bits per heavy atom. The number of carbonyl (C=O) groups is 4. The highest BCUT2D eigenvalue weighted by Gasteiger charge is 2.37. The van der Waals surface area contributed by atoms with Gasteiger partial charge in [-0.05, 0) is 51.1 Å². The Bertz CT molecular complexity index is 1180. The first-order valence-corrected chi connectivity index (χ1v) is 11.2. The number of nitrogens with zero attached hydrogens (tertiary/aromatic N) is 1. The minimum absolute atomic E-state index is 0.00917. The Morgan fingerprint density at radius 3 is 2.24 bits per heavy atom. The topological polar surface area (TPSA) is 160 Å². The lowest BCUT2D eigenvalue weighted by Crippen LogP contribution is -2.52. The van der Waals surface area contributed by atoms with E-state index in [9.17, 15) is 24.3 Å². The predicted octanol–water partition coefficient (Wildman–Crippen LogP) is 2.27. The standard InChI is InChI=1S/C26H30N4O7/c1-6-30(24(34)19(15-21(27)32)29-25(35)37-26(2,3)4)22(18-9-7-8-10-20(18)31)23(33)28-16-11-13-17(36-5)14-12-16/h1,7-14,19,22,31H,15H2,2-5H3,(H2,27,32)(H,28,33)(H,29,35). The van der Waals surface area contributed by atoms with Crippen molar-refractivity contribution in [3.63, 3.8) is 0 Å². The number of para-hydroxylation sites is 1. The van der Waals surface area contributed by atoms with Crippen molar-refractivity contribution in [1.29, 1.82) is 0 Å². The second kappa shape index (κ2) is 12.3. The fourth-order valence-corrected chi connectivity index (χ4v) is 3.29. The molecule has 4 amide bonds. The maximum Gasteiger partial charge on any atom is 0.408 e. The minimum Gasteiger partial charge on any atom is -0.508 e. The van der Waals surface area contributed by atoms with E-state index in [0.717, 1.165) is 0 Å². The number of amides is 4. The molecule has 0 saturated carbocycles. The van der Waals surface area contributed by atoms with Crippen LogP contribution in [0.3, 0.4) is 0 Å². The highest BCUT2D eigenvalue weighted by atomic mass is 16.6. The van der Waals surface area contributed by atoms with Crippen LogP contribution in [-0.2, 0) is 19.1 Å². The molecule has 0 aliphatic rings. The molecule has 2 aromatic carbocycles. The summed E-state index contributed by atoms with van der Waals surface area (Å²) in [5.74, 6) is -2.43. The molecule has 196 valence electrons. The van der Waals surface area contributed by atoms with Gasteiger partial charge in [-0.1, -0.05) is 24.6 Å². The van der Waals surface area contributed by atoms with Crippen LogP contribution in [0.5, 0.6) is 11.5 Å². The average Bonchev–Trinajstić information content (AvgIpc) is 2.81. The quantitative estimate of drug-likeness (QED) is 0.297. The minimum atomic E-state index is -1.55. The Labute approximate surface area is 214 Å². The highest BCUT2D eigenvalue weighted by molar-refractivity contribution is 6.00. The Hall–Kier alpha value is -4.72. The zero-order valence-electron chi connectivity index (χ0n) is 21.0. The first kappa shape index (κ1) is 28.5. The molecule has 5 N–H and O–H groups in total. The van der Waals surface area contributed by atoms with E-state index in [4.69, 9.17) is 21.6 Å². The molecule has 11 heteroatoms. The lowest BCUT2D eigenvalue weighted by Gasteiger charge is -2.30. The van der Waals surface area contributed by atoms with E-state index in [2.05, 4.69) is 16.7 Å². The van der Waals surface area contributed by atoms with E-state index >= 15 is 0 Å². The number of phenols is 1. The summed E-state index contributed by atoms with van der Waals surface area (Å²) in [4.78, 5) is 51.7. The molecular formula is C26H30N4O7. The van der Waals surface area contributed by atoms with Crippen LogP contribution in [0.15, 0.2) is 48.5 Å². The van der Waals surface area contributed by atoms with Crippen LogP contribution >= 0.6 is 0 Å². The summed E-state index contributed by atoms with van der Waals surface area (Å²) < 4.78 is 10.3. The molecule has 37 heavy (non-hydrogen) atoms. The molecule has 0 aliphatic heterocycles. The van der Waals surface area contributed by atoms with Crippen LogP contribution in [0.2, 0.25) is 0 Å². The van der Waals surface area contributed by atoms with Gasteiger partial charge in [0.05, 0.1) is 13.5 Å². The summed E-state index contributed by atoms with van der Waals surface area (Å²) in [6.07, 6.45) is 4.03. The molecular weight excluding hydrogens is 480 g/mol. The van der Waals surface area contributed by atoms with Crippen molar-refractivity contribution in [2.75, 3.05) is 12.4 Å². The third-order valence-electron chi connectivity index (χ3n) is 4.87. The number of nitrogens with one attached hydrogen (secondary N) is 2. The maximum atomic E-state index is 13.5. The Balaban J connectivity index is 2.46. The molecule has 0 heterocycles. The second-order valence-electron chi connectivity index (χ2n) is 8.89. The number of carbonyl (C=O) groups excluding carboxylic acids is 4. The van der Waals surface area contributed by atoms with Crippen molar-refractivity contribution in [3.05, 3.63) is 54.1 Å². The van der Waals surface area contributed by atoms with Gasteiger partial charge >= 0.3 is 6.09 Å². The molecule has 0 aliphatic carbocycles. The second-order valence-corrected chi connectivity index (χ2v) is 8.89. The van der Waals surface area contributed by atoms with Crippen molar-refractivity contribution in [1.82, 2.24) is 10.2 Å². The third kappa shape index (κ3) is 8.17. The van der Waals surface area contributed by atoms with Gasteiger partial charge in [-0.2, -0.15) is 0 Å². The fourth-order valence-electron chi connectivity index (χ4n) is 3.29. The molecule has 11 nitrogen and oxygen atoms in total. The number of phenolic OH excluding ortho intramolecular Hbond substituents is 1. The van der Waals surface area contributed by atoms with Gasteiger partial charge < -0.3 is 30.9 Å². The van der Waals surface area contributed by atoms with Gasteiger partial charge in [0.2, 0.25) is 5.91 Å². The summed E-state index contributed by atoms with van der Waals surface area (Å²) in [6.45, 7) is 4.84. The van der Waals surface area contributed by atoms with Crippen molar-refractivity contribution < 1.29 is 33.8 Å². The number of rotatable bonds is 9. The first-order chi connectivity index (χ1) is 17.4. The largest absolute Gasteiger partial charge is 0.508 e. The van der Waals surface area contributed by atoms with E-state index in [1.807, 2.05) is 0 Å². The van der Waals surface area contributed by atoms with E-state index in [-0.39, 0.29) is 11.3 Å². The van der Waals surface area contributed by atoms with Gasteiger partial charge in [0.25, 0.3) is 11.8 Å². The summed E-state index contributed by atoms with van der Waals surface area (Å²) in [5.41, 5.74) is 4.76. The van der Waals surface area contributed by atoms with E-state index in [1.165, 1.54) is 25.3 Å². The number of hydrogen-bond donors (Lipinski definition) is 4. The summed E-state index contributed by atoms with van der Waals surface area (Å²) in [6, 6.07) is 11.2. The molecule has 0 spiro atoms. The summed E-state index contributed by atoms with van der Waals surface area (Å²) in [5, 5.41) is 15.4. The smallest absolute Gasteiger partial charge is 0.408 e. The highest BCUT2D eigenvalue weighted by Crippen LogP contribution is 2.30. The lowest BCUT2D eigenvalue weighted by atomic mass is 10.0. The number of ether oxygens (including phenoxy) is 2. The van der Waals surface area contributed by atoms with Crippen molar-refractivity contribution in [2.45, 2.75) is 44.9 Å². The van der Waals surface area contributed by atoms with Crippen molar-refractivity contribution in [3.8, 4) is 24.0 Å². The molecule has 0 fully saturated rings. The molecule has 2 aromatic rings. The number of anilines is 1. The molecule has 0 saturated heterocycles. The monoisotopic (exact) mass is 510 g/mol. The SMILES string of the molecule is C#CN(C(=O)C(CC(N)=O)NC(=O)OC(C)(C)C)C(C(=O)Nc1ccc(OC)cc1)c1ccccc1O. The molecule has 2 atom stereocenters. The Kier molecular flexibility index (Phi) is 9.48. The van der Waals surface area contributed by atoms with E-state index in [0.29, 0.717) is 16.3 Å². The number of aromatic hydroxyl groups is 1. The van der Waals surface area contributed by atoms with Crippen LogP contribution in [0.4, 0.5) is 10.5 Å². The van der Waals surface area contributed by atoms with Gasteiger partial charge in [0.15, 0.2) is 6.04 Å². The van der Waals surface area contributed by atoms with Crippen molar-refractivity contribution >= 4 is 29.5 Å². The number of alkyl carbamates (subject to hydrolysis) is 1. The van der Waals surface area contributed by atoms with E-state index in [1.54, 1.807) is 51.1 Å². The summed E-state index contributed by atoms with van der Waals surface area (Å²) in [7, 11) is 1.49. The maximum absolute atomic E-state index is 13.5. The van der Waals surface area contributed by atoms with Gasteiger partial charge in [0.1, 0.15) is 23.1 Å². The number of methoxy groups -OCH3 is 1. The number of hydrogen-bond acceptors (Lipinski definition) is 7. The van der Waals surface area contributed by atoms with Crippen LogP contribution in [0.25, 0.3) is 0 Å². The molecule has 0 bridgehead atoms. The number of nitrogens with two attached hydrogens (primary N) is 1. The number of terminal acetylenes is 1. The molecule has 0 aromatic heterocycles. The number of benzene rings is 2. The molecule has 0 radical (unpaired) electrons.